The van der Waals surface area contributed by atoms with Gasteiger partial charge in [0.15, 0.2) is 0 Å². The van der Waals surface area contributed by atoms with Crippen LogP contribution in [0.15, 0.2) is 18.3 Å². The molecule has 1 aromatic rings. The minimum atomic E-state index is -0.160. The molecule has 1 heterocycles. The monoisotopic (exact) mass is 251 g/mol. The van der Waals surface area contributed by atoms with Gasteiger partial charge in [-0.25, -0.2) is 9.78 Å². The van der Waals surface area contributed by atoms with E-state index >= 15 is 0 Å². The summed E-state index contributed by atoms with van der Waals surface area (Å²) in [7, 11) is 1.57. The first-order chi connectivity index (χ1) is 8.52. The molecule has 0 radical (unpaired) electrons. The van der Waals surface area contributed by atoms with Crippen LogP contribution >= 0.6 is 0 Å². The fourth-order valence-electron chi connectivity index (χ4n) is 1.24. The molecule has 1 rings (SSSR count). The summed E-state index contributed by atoms with van der Waals surface area (Å²) < 4.78 is 4.96. The van der Waals surface area contributed by atoms with Crippen molar-refractivity contribution in [2.45, 2.75) is 33.4 Å². The molecule has 2 amide bonds. The van der Waals surface area contributed by atoms with E-state index < -0.39 is 0 Å². The molecule has 0 aliphatic heterocycles. The molecule has 0 saturated heterocycles. The van der Waals surface area contributed by atoms with Crippen molar-refractivity contribution in [1.82, 2.24) is 15.6 Å². The third-order valence-corrected chi connectivity index (χ3v) is 2.82. The summed E-state index contributed by atoms with van der Waals surface area (Å²) in [6, 6.07) is 3.63. The first-order valence-corrected chi connectivity index (χ1v) is 6.06. The molecule has 0 spiro atoms. The van der Waals surface area contributed by atoms with Crippen LogP contribution in [0.4, 0.5) is 4.79 Å². The summed E-state index contributed by atoms with van der Waals surface area (Å²) in [6.45, 7) is 6.57. The van der Waals surface area contributed by atoms with Crippen LogP contribution in [0.1, 0.15) is 26.3 Å². The standard InChI is InChI=1S/C13H21N3O2/c1-9(2)10(3)16-13(17)15-8-11-5-6-12(18-4)14-7-11/h5-7,9-10H,8H2,1-4H3,(H2,15,16,17). The molecule has 100 valence electrons. The number of carbonyl (C=O) groups is 1. The van der Waals surface area contributed by atoms with Crippen molar-refractivity contribution in [2.24, 2.45) is 5.92 Å². The fourth-order valence-corrected chi connectivity index (χ4v) is 1.24. The van der Waals surface area contributed by atoms with Crippen LogP contribution < -0.4 is 15.4 Å². The van der Waals surface area contributed by atoms with Gasteiger partial charge in [0.25, 0.3) is 0 Å². The van der Waals surface area contributed by atoms with Crippen LogP contribution in [0.25, 0.3) is 0 Å². The van der Waals surface area contributed by atoms with Gasteiger partial charge < -0.3 is 15.4 Å². The van der Waals surface area contributed by atoms with Gasteiger partial charge in [-0.15, -0.1) is 0 Å². The number of amides is 2. The predicted octanol–water partition coefficient (Wildman–Crippen LogP) is 1.93. The number of ether oxygens (including phenoxy) is 1. The molecule has 0 bridgehead atoms. The van der Waals surface area contributed by atoms with Gasteiger partial charge >= 0.3 is 6.03 Å². The Hall–Kier alpha value is -1.78. The van der Waals surface area contributed by atoms with E-state index in [4.69, 9.17) is 4.74 Å². The second kappa shape index (κ2) is 6.83. The van der Waals surface area contributed by atoms with Crippen molar-refractivity contribution in [2.75, 3.05) is 7.11 Å². The zero-order valence-electron chi connectivity index (χ0n) is 11.4. The average Bonchev–Trinajstić information content (AvgIpc) is 2.36. The van der Waals surface area contributed by atoms with Crippen LogP contribution in [0.5, 0.6) is 5.88 Å². The SMILES string of the molecule is COc1ccc(CNC(=O)NC(C)C(C)C)cn1. The number of hydrogen-bond donors (Lipinski definition) is 2. The van der Waals surface area contributed by atoms with Crippen LogP contribution in [0, 0.1) is 5.92 Å². The maximum absolute atomic E-state index is 11.6. The van der Waals surface area contributed by atoms with E-state index in [9.17, 15) is 4.79 Å². The molecule has 0 aromatic carbocycles. The third-order valence-electron chi connectivity index (χ3n) is 2.82. The Kier molecular flexibility index (Phi) is 5.42. The van der Waals surface area contributed by atoms with Gasteiger partial charge in [-0.1, -0.05) is 19.9 Å². The van der Waals surface area contributed by atoms with Gasteiger partial charge in [0.2, 0.25) is 5.88 Å². The van der Waals surface area contributed by atoms with E-state index in [0.717, 1.165) is 5.56 Å². The minimum absolute atomic E-state index is 0.152. The number of rotatable bonds is 5. The predicted molar refractivity (Wildman–Crippen MR) is 70.5 cm³/mol. The smallest absolute Gasteiger partial charge is 0.315 e. The molecule has 1 unspecified atom stereocenters. The van der Waals surface area contributed by atoms with Crippen LogP contribution in [-0.2, 0) is 6.54 Å². The number of methoxy groups -OCH3 is 1. The van der Waals surface area contributed by atoms with Crippen molar-refractivity contribution in [3.05, 3.63) is 23.9 Å². The van der Waals surface area contributed by atoms with E-state index in [1.807, 2.05) is 13.0 Å². The van der Waals surface area contributed by atoms with Crippen molar-refractivity contribution in [3.8, 4) is 5.88 Å². The number of urea groups is 1. The summed E-state index contributed by atoms with van der Waals surface area (Å²) >= 11 is 0. The Balaban J connectivity index is 2.37. The number of pyridine rings is 1. The maximum atomic E-state index is 11.6. The maximum Gasteiger partial charge on any atom is 0.315 e. The fraction of sp³-hybridized carbons (Fsp3) is 0.538. The molecule has 2 N–H and O–H groups in total. The van der Waals surface area contributed by atoms with Gasteiger partial charge in [-0.3, -0.25) is 0 Å². The van der Waals surface area contributed by atoms with Gasteiger partial charge in [-0.05, 0) is 18.4 Å². The van der Waals surface area contributed by atoms with E-state index in [1.165, 1.54) is 0 Å². The summed E-state index contributed by atoms with van der Waals surface area (Å²) in [5, 5.41) is 5.67. The van der Waals surface area contributed by atoms with E-state index in [0.29, 0.717) is 18.3 Å². The first-order valence-electron chi connectivity index (χ1n) is 6.06. The zero-order chi connectivity index (χ0) is 13.5. The number of nitrogens with zero attached hydrogens (tertiary/aromatic N) is 1. The van der Waals surface area contributed by atoms with E-state index in [1.54, 1.807) is 19.4 Å². The topological polar surface area (TPSA) is 63.2 Å². The zero-order valence-corrected chi connectivity index (χ0v) is 11.4. The lowest BCUT2D eigenvalue weighted by molar-refractivity contribution is 0.234. The molecule has 5 heteroatoms. The van der Waals surface area contributed by atoms with Crippen LogP contribution in [0.3, 0.4) is 0 Å². The number of carbonyl (C=O) groups excluding carboxylic acids is 1. The summed E-state index contributed by atoms with van der Waals surface area (Å²) in [6.07, 6.45) is 1.69. The van der Waals surface area contributed by atoms with Gasteiger partial charge in [0.05, 0.1) is 7.11 Å². The second-order valence-electron chi connectivity index (χ2n) is 4.57. The van der Waals surface area contributed by atoms with Crippen LogP contribution in [0.2, 0.25) is 0 Å². The molecule has 0 aliphatic rings. The molecule has 0 aliphatic carbocycles. The van der Waals surface area contributed by atoms with Crippen molar-refractivity contribution < 1.29 is 9.53 Å². The minimum Gasteiger partial charge on any atom is -0.481 e. The molecule has 18 heavy (non-hydrogen) atoms. The number of hydrogen-bond acceptors (Lipinski definition) is 3. The molecule has 1 atom stereocenters. The van der Waals surface area contributed by atoms with Crippen molar-refractivity contribution in [3.63, 3.8) is 0 Å². The van der Waals surface area contributed by atoms with Gasteiger partial charge in [-0.2, -0.15) is 0 Å². The van der Waals surface area contributed by atoms with Gasteiger partial charge in [0.1, 0.15) is 0 Å². The Morgan fingerprint density at radius 1 is 1.39 bits per heavy atom. The second-order valence-corrected chi connectivity index (χ2v) is 4.57. The average molecular weight is 251 g/mol. The molecule has 0 fully saturated rings. The highest BCUT2D eigenvalue weighted by Gasteiger charge is 2.09. The lowest BCUT2D eigenvalue weighted by Crippen LogP contribution is -2.42. The lowest BCUT2D eigenvalue weighted by atomic mass is 10.1. The molecule has 1 aromatic heterocycles. The Morgan fingerprint density at radius 3 is 2.61 bits per heavy atom. The van der Waals surface area contributed by atoms with Crippen molar-refractivity contribution >= 4 is 6.03 Å². The molecular formula is C13H21N3O2. The largest absolute Gasteiger partial charge is 0.481 e. The Bertz CT molecular complexity index is 376. The quantitative estimate of drug-likeness (QED) is 0.840. The van der Waals surface area contributed by atoms with E-state index in [2.05, 4.69) is 29.5 Å². The molecular weight excluding hydrogens is 230 g/mol. The third kappa shape index (κ3) is 4.61. The summed E-state index contributed by atoms with van der Waals surface area (Å²) in [5.74, 6) is 0.982. The highest BCUT2D eigenvalue weighted by atomic mass is 16.5. The van der Waals surface area contributed by atoms with Crippen LogP contribution in [-0.4, -0.2) is 24.2 Å². The number of aromatic nitrogens is 1. The first kappa shape index (κ1) is 14.3. The van der Waals surface area contributed by atoms with Crippen molar-refractivity contribution in [1.29, 1.82) is 0 Å². The van der Waals surface area contributed by atoms with E-state index in [-0.39, 0.29) is 12.1 Å². The summed E-state index contributed by atoms with van der Waals surface area (Å²) in [4.78, 5) is 15.7. The molecule has 5 nitrogen and oxygen atoms in total. The highest BCUT2D eigenvalue weighted by molar-refractivity contribution is 5.74. The lowest BCUT2D eigenvalue weighted by Gasteiger charge is -2.17. The molecule has 0 saturated carbocycles. The Labute approximate surface area is 108 Å². The normalized spacial score (nSPS) is 12.1. The van der Waals surface area contributed by atoms with Gasteiger partial charge in [0, 0.05) is 24.8 Å². The highest BCUT2D eigenvalue weighted by Crippen LogP contribution is 2.06. The summed E-state index contributed by atoms with van der Waals surface area (Å²) in [5.41, 5.74) is 0.933. The number of nitrogens with one attached hydrogen (secondary N) is 2. The Morgan fingerprint density at radius 2 is 2.11 bits per heavy atom.